The normalized spacial score (nSPS) is 11.7. The first kappa shape index (κ1) is 19.4. The van der Waals surface area contributed by atoms with E-state index in [4.69, 9.17) is 16.3 Å². The highest BCUT2D eigenvalue weighted by Crippen LogP contribution is 2.32. The number of halogens is 2. The third-order valence-electron chi connectivity index (χ3n) is 4.08. The molecule has 0 spiro atoms. The highest BCUT2D eigenvalue weighted by atomic mass is 79.9. The fourth-order valence-electron chi connectivity index (χ4n) is 2.74. The first-order valence-electron chi connectivity index (χ1n) is 8.17. The lowest BCUT2D eigenvalue weighted by atomic mass is 9.99. The third kappa shape index (κ3) is 4.50. The number of amides is 1. The average Bonchev–Trinajstić information content (AvgIpc) is 2.69. The van der Waals surface area contributed by atoms with Crippen molar-refractivity contribution >= 4 is 39.1 Å². The third-order valence-corrected chi connectivity index (χ3v) is 4.81. The van der Waals surface area contributed by atoms with E-state index >= 15 is 0 Å². The van der Waals surface area contributed by atoms with Crippen molar-refractivity contribution in [2.45, 2.75) is 6.10 Å². The Morgan fingerprint density at radius 1 is 1.11 bits per heavy atom. The van der Waals surface area contributed by atoms with Crippen molar-refractivity contribution in [2.75, 3.05) is 12.4 Å². The zero-order valence-corrected chi connectivity index (χ0v) is 16.8. The molecule has 1 amide bonds. The van der Waals surface area contributed by atoms with Crippen LogP contribution < -0.4 is 10.1 Å². The number of hydrogen-bond acceptors (Lipinski definition) is 3. The van der Waals surface area contributed by atoms with Gasteiger partial charge in [0, 0.05) is 20.7 Å². The number of aliphatic hydroxyl groups is 1. The topological polar surface area (TPSA) is 58.6 Å². The summed E-state index contributed by atoms with van der Waals surface area (Å²) >= 11 is 9.48. The number of aliphatic hydroxyl groups excluding tert-OH is 1. The van der Waals surface area contributed by atoms with Gasteiger partial charge < -0.3 is 15.2 Å². The molecule has 0 aliphatic rings. The second kappa shape index (κ2) is 8.57. The van der Waals surface area contributed by atoms with Crippen LogP contribution in [0.1, 0.15) is 27.6 Å². The van der Waals surface area contributed by atoms with Crippen molar-refractivity contribution in [1.29, 1.82) is 0 Å². The molecular weight excluding hydrogens is 430 g/mol. The fourth-order valence-corrected chi connectivity index (χ4v) is 3.28. The van der Waals surface area contributed by atoms with Gasteiger partial charge in [0.05, 0.1) is 12.7 Å². The Kier molecular flexibility index (Phi) is 6.16. The number of ether oxygens (including phenoxy) is 1. The Hall–Kier alpha value is -2.34. The van der Waals surface area contributed by atoms with Crippen molar-refractivity contribution < 1.29 is 14.6 Å². The Labute approximate surface area is 170 Å². The Bertz CT molecular complexity index is 963. The van der Waals surface area contributed by atoms with Crippen molar-refractivity contribution in [3.63, 3.8) is 0 Å². The lowest BCUT2D eigenvalue weighted by Gasteiger charge is -2.18. The van der Waals surface area contributed by atoms with Crippen LogP contribution >= 0.6 is 27.5 Å². The van der Waals surface area contributed by atoms with E-state index in [-0.39, 0.29) is 5.91 Å². The summed E-state index contributed by atoms with van der Waals surface area (Å²) in [5.41, 5.74) is 2.07. The summed E-state index contributed by atoms with van der Waals surface area (Å²) in [6.07, 6.45) is -0.926. The van der Waals surface area contributed by atoms with Crippen LogP contribution in [0.5, 0.6) is 5.75 Å². The Balaban J connectivity index is 1.96. The number of benzene rings is 3. The zero-order chi connectivity index (χ0) is 19.4. The summed E-state index contributed by atoms with van der Waals surface area (Å²) in [5.74, 6) is 0.104. The smallest absolute Gasteiger partial charge is 0.259 e. The summed E-state index contributed by atoms with van der Waals surface area (Å²) in [6.45, 7) is 0. The van der Waals surface area contributed by atoms with E-state index in [1.54, 1.807) is 36.4 Å². The van der Waals surface area contributed by atoms with Crippen molar-refractivity contribution in [1.82, 2.24) is 0 Å². The van der Waals surface area contributed by atoms with Crippen LogP contribution in [0.4, 0.5) is 5.69 Å². The number of carbonyl (C=O) groups excluding carboxylic acids is 1. The summed E-state index contributed by atoms with van der Waals surface area (Å²) in [7, 11) is 1.51. The lowest BCUT2D eigenvalue weighted by molar-refractivity contribution is 0.102. The van der Waals surface area contributed by atoms with Gasteiger partial charge >= 0.3 is 0 Å². The number of nitrogens with one attached hydrogen (secondary N) is 1. The SMILES string of the molecule is COc1ccc(Br)cc1C(=O)Nc1ccc(Cl)cc1[C@H](O)c1ccccc1. The highest BCUT2D eigenvalue weighted by Gasteiger charge is 2.19. The van der Waals surface area contributed by atoms with E-state index in [1.165, 1.54) is 7.11 Å². The number of rotatable bonds is 5. The van der Waals surface area contributed by atoms with Crippen molar-refractivity contribution in [2.24, 2.45) is 0 Å². The molecule has 0 unspecified atom stereocenters. The van der Waals surface area contributed by atoms with Gasteiger partial charge in [-0.15, -0.1) is 0 Å². The molecule has 1 atom stereocenters. The second-order valence-electron chi connectivity index (χ2n) is 5.84. The van der Waals surface area contributed by atoms with Gasteiger partial charge in [-0.1, -0.05) is 57.9 Å². The minimum atomic E-state index is -0.926. The molecule has 0 radical (unpaired) electrons. The van der Waals surface area contributed by atoms with Crippen LogP contribution in [-0.2, 0) is 0 Å². The molecule has 3 aromatic rings. The summed E-state index contributed by atoms with van der Waals surface area (Å²) < 4.78 is 6.03. The van der Waals surface area contributed by atoms with Gasteiger partial charge in [0.2, 0.25) is 0 Å². The van der Waals surface area contributed by atoms with Gasteiger partial charge in [0.25, 0.3) is 5.91 Å². The number of methoxy groups -OCH3 is 1. The van der Waals surface area contributed by atoms with E-state index in [2.05, 4.69) is 21.2 Å². The van der Waals surface area contributed by atoms with Crippen molar-refractivity contribution in [3.8, 4) is 5.75 Å². The van der Waals surface area contributed by atoms with Crippen LogP contribution in [0.2, 0.25) is 5.02 Å². The molecule has 4 nitrogen and oxygen atoms in total. The Morgan fingerprint density at radius 3 is 2.56 bits per heavy atom. The molecule has 0 fully saturated rings. The second-order valence-corrected chi connectivity index (χ2v) is 7.20. The maximum atomic E-state index is 12.8. The first-order valence-corrected chi connectivity index (χ1v) is 9.34. The minimum Gasteiger partial charge on any atom is -0.496 e. The molecule has 0 saturated heterocycles. The number of hydrogen-bond donors (Lipinski definition) is 2. The van der Waals surface area contributed by atoms with Gasteiger partial charge in [-0.3, -0.25) is 4.79 Å². The molecule has 0 bridgehead atoms. The average molecular weight is 447 g/mol. The van der Waals surface area contributed by atoms with Crippen LogP contribution in [0.3, 0.4) is 0 Å². The molecule has 0 aliphatic carbocycles. The quantitative estimate of drug-likeness (QED) is 0.548. The largest absolute Gasteiger partial charge is 0.496 e. The van der Waals surface area contributed by atoms with Crippen LogP contribution in [0, 0.1) is 0 Å². The van der Waals surface area contributed by atoms with Crippen molar-refractivity contribution in [3.05, 3.63) is 92.9 Å². The predicted octanol–water partition coefficient (Wildman–Crippen LogP) is 5.45. The van der Waals surface area contributed by atoms with E-state index in [0.717, 1.165) is 4.47 Å². The summed E-state index contributed by atoms with van der Waals surface area (Å²) in [5, 5.41) is 14.1. The molecule has 27 heavy (non-hydrogen) atoms. The van der Waals surface area contributed by atoms with Gasteiger partial charge in [-0.05, 0) is 42.0 Å². The maximum Gasteiger partial charge on any atom is 0.259 e. The van der Waals surface area contributed by atoms with Gasteiger partial charge in [0.15, 0.2) is 0 Å². The number of carbonyl (C=O) groups is 1. The molecule has 3 aromatic carbocycles. The molecule has 6 heteroatoms. The molecule has 138 valence electrons. The molecule has 2 N–H and O–H groups in total. The molecule has 3 rings (SSSR count). The summed E-state index contributed by atoms with van der Waals surface area (Å²) in [6, 6.07) is 19.3. The number of anilines is 1. The predicted molar refractivity (Wildman–Crippen MR) is 111 cm³/mol. The molecule has 0 aliphatic heterocycles. The zero-order valence-electron chi connectivity index (χ0n) is 14.4. The molecule has 0 saturated carbocycles. The van der Waals surface area contributed by atoms with E-state index < -0.39 is 6.10 Å². The van der Waals surface area contributed by atoms with E-state index in [9.17, 15) is 9.90 Å². The van der Waals surface area contributed by atoms with E-state index in [0.29, 0.717) is 33.1 Å². The van der Waals surface area contributed by atoms with Gasteiger partial charge in [-0.2, -0.15) is 0 Å². The lowest BCUT2D eigenvalue weighted by Crippen LogP contribution is -2.15. The van der Waals surface area contributed by atoms with E-state index in [1.807, 2.05) is 30.3 Å². The summed E-state index contributed by atoms with van der Waals surface area (Å²) in [4.78, 5) is 12.8. The maximum absolute atomic E-state index is 12.8. The Morgan fingerprint density at radius 2 is 1.85 bits per heavy atom. The highest BCUT2D eigenvalue weighted by molar-refractivity contribution is 9.10. The van der Waals surface area contributed by atoms with Gasteiger partial charge in [-0.25, -0.2) is 0 Å². The standard InChI is InChI=1S/C21H17BrClNO3/c1-27-19-10-7-14(22)11-17(19)21(26)24-18-9-8-15(23)12-16(18)20(25)13-5-3-2-4-6-13/h2-12,20,25H,1H3,(H,24,26)/t20-/m1/s1. The molecule has 0 heterocycles. The van der Waals surface area contributed by atoms with Gasteiger partial charge in [0.1, 0.15) is 11.9 Å². The van der Waals surface area contributed by atoms with Crippen LogP contribution in [-0.4, -0.2) is 18.1 Å². The first-order chi connectivity index (χ1) is 13.0. The fraction of sp³-hybridized carbons (Fsp3) is 0.0952. The monoisotopic (exact) mass is 445 g/mol. The van der Waals surface area contributed by atoms with Crippen LogP contribution in [0.15, 0.2) is 71.2 Å². The minimum absolute atomic E-state index is 0.350. The van der Waals surface area contributed by atoms with Crippen LogP contribution in [0.25, 0.3) is 0 Å². The molecular formula is C21H17BrClNO3. The molecule has 0 aromatic heterocycles.